The number of carbonyl (C=O) groups is 1. The highest BCUT2D eigenvalue weighted by Gasteiger charge is 2.59. The van der Waals surface area contributed by atoms with Gasteiger partial charge in [0.05, 0.1) is 4.32 Å². The van der Waals surface area contributed by atoms with Gasteiger partial charge >= 0.3 is 0 Å². The van der Waals surface area contributed by atoms with Crippen molar-refractivity contribution in [2.75, 3.05) is 0 Å². The van der Waals surface area contributed by atoms with Crippen LogP contribution in [0.2, 0.25) is 0 Å². The minimum atomic E-state index is -0.262. The maximum atomic E-state index is 13.0. The van der Waals surface area contributed by atoms with Gasteiger partial charge in [0.15, 0.2) is 5.78 Å². The number of rotatable bonds is 2. The Labute approximate surface area is 122 Å². The molecule has 0 amide bonds. The van der Waals surface area contributed by atoms with Crippen molar-refractivity contribution in [2.45, 2.75) is 36.4 Å². The summed E-state index contributed by atoms with van der Waals surface area (Å²) in [4.78, 5) is 13.0. The smallest absolute Gasteiger partial charge is 0.180 e. The molecule has 0 N–H and O–H groups in total. The first kappa shape index (κ1) is 12.1. The Kier molecular flexibility index (Phi) is 2.67. The summed E-state index contributed by atoms with van der Waals surface area (Å²) in [6, 6.07) is 9.86. The number of ketones is 1. The highest BCUT2D eigenvalue weighted by atomic mass is 79.9. The van der Waals surface area contributed by atoms with Crippen LogP contribution in [0.4, 0.5) is 0 Å². The molecule has 0 heterocycles. The van der Waals surface area contributed by atoms with Crippen LogP contribution in [0, 0.1) is 23.7 Å². The molecule has 4 fully saturated rings. The number of benzene rings is 1. The predicted octanol–water partition coefficient (Wildman–Crippen LogP) is 4.46. The fourth-order valence-corrected chi connectivity index (χ4v) is 6.03. The number of Topliss-reactive ketones (excluding diaryl/α,β-unsaturated/α-hetero) is 1. The molecule has 1 aromatic carbocycles. The molecule has 4 saturated carbocycles. The molecule has 4 aliphatic rings. The minimum Gasteiger partial charge on any atom is -0.293 e. The highest BCUT2D eigenvalue weighted by molar-refractivity contribution is 9.10. The van der Waals surface area contributed by atoms with Crippen molar-refractivity contribution in [3.63, 3.8) is 0 Å². The van der Waals surface area contributed by atoms with E-state index in [-0.39, 0.29) is 4.32 Å². The van der Waals surface area contributed by atoms with E-state index in [1.165, 1.54) is 32.1 Å². The van der Waals surface area contributed by atoms with Crippen LogP contribution in [0.5, 0.6) is 0 Å². The van der Waals surface area contributed by atoms with Gasteiger partial charge in [0.25, 0.3) is 0 Å². The molecule has 100 valence electrons. The summed E-state index contributed by atoms with van der Waals surface area (Å²) in [6.45, 7) is 0. The Bertz CT molecular complexity index is 479. The van der Waals surface area contributed by atoms with Crippen LogP contribution in [-0.4, -0.2) is 10.1 Å². The molecule has 19 heavy (non-hydrogen) atoms. The Hall–Kier alpha value is -0.630. The third-order valence-electron chi connectivity index (χ3n) is 5.71. The molecule has 5 rings (SSSR count). The summed E-state index contributed by atoms with van der Waals surface area (Å²) >= 11 is 3.94. The number of hydrogen-bond acceptors (Lipinski definition) is 1. The second-order valence-electron chi connectivity index (χ2n) is 6.77. The van der Waals surface area contributed by atoms with Gasteiger partial charge in [-0.1, -0.05) is 46.3 Å². The molecule has 1 aromatic rings. The van der Waals surface area contributed by atoms with Gasteiger partial charge < -0.3 is 0 Å². The minimum absolute atomic E-state index is 0.262. The number of hydrogen-bond donors (Lipinski definition) is 0. The van der Waals surface area contributed by atoms with E-state index >= 15 is 0 Å². The van der Waals surface area contributed by atoms with Gasteiger partial charge in [-0.15, -0.1) is 0 Å². The van der Waals surface area contributed by atoms with Crippen LogP contribution in [-0.2, 0) is 0 Å². The van der Waals surface area contributed by atoms with Crippen molar-refractivity contribution >= 4 is 21.7 Å². The highest BCUT2D eigenvalue weighted by Crippen LogP contribution is 2.62. The molecular weight excluding hydrogens is 300 g/mol. The zero-order chi connectivity index (χ0) is 13.0. The molecular formula is C17H19BrO. The summed E-state index contributed by atoms with van der Waals surface area (Å²) in [5, 5.41) is 0. The molecule has 4 aliphatic carbocycles. The summed E-state index contributed by atoms with van der Waals surface area (Å²) in [7, 11) is 0. The molecule has 4 bridgehead atoms. The topological polar surface area (TPSA) is 17.1 Å². The molecule has 2 heteroatoms. The standard InChI is InChI=1S/C17H19BrO/c18-17(16(19)13-4-2-1-3-5-13)14-7-11-6-12(9-14)10-15(17)8-11/h1-5,11-12,14-15H,6-10H2. The van der Waals surface area contributed by atoms with E-state index < -0.39 is 0 Å². The van der Waals surface area contributed by atoms with Gasteiger partial charge in [-0.3, -0.25) is 4.79 Å². The van der Waals surface area contributed by atoms with Crippen LogP contribution in [0.1, 0.15) is 42.5 Å². The maximum absolute atomic E-state index is 13.0. The zero-order valence-corrected chi connectivity index (χ0v) is 12.6. The molecule has 0 atom stereocenters. The second-order valence-corrected chi connectivity index (χ2v) is 8.08. The molecule has 0 aromatic heterocycles. The van der Waals surface area contributed by atoms with E-state index in [0.29, 0.717) is 17.6 Å². The van der Waals surface area contributed by atoms with Crippen LogP contribution < -0.4 is 0 Å². The first-order valence-electron chi connectivity index (χ1n) is 7.46. The molecule has 0 unspecified atom stereocenters. The predicted molar refractivity (Wildman–Crippen MR) is 79.5 cm³/mol. The molecule has 0 spiro atoms. The first-order valence-corrected chi connectivity index (χ1v) is 8.26. The van der Waals surface area contributed by atoms with Crippen molar-refractivity contribution in [1.29, 1.82) is 0 Å². The van der Waals surface area contributed by atoms with Crippen molar-refractivity contribution in [3.8, 4) is 0 Å². The Balaban J connectivity index is 1.72. The SMILES string of the molecule is O=C(c1ccccc1)C1(Br)C2CC3CC(C2)CC1C3. The largest absolute Gasteiger partial charge is 0.293 e. The van der Waals surface area contributed by atoms with Crippen LogP contribution in [0.15, 0.2) is 30.3 Å². The van der Waals surface area contributed by atoms with Gasteiger partial charge in [0.1, 0.15) is 0 Å². The van der Waals surface area contributed by atoms with Gasteiger partial charge in [0, 0.05) is 5.56 Å². The summed E-state index contributed by atoms with van der Waals surface area (Å²) < 4.78 is -0.262. The van der Waals surface area contributed by atoms with Crippen molar-refractivity contribution in [1.82, 2.24) is 0 Å². The number of carbonyl (C=O) groups excluding carboxylic acids is 1. The lowest BCUT2D eigenvalue weighted by atomic mass is 9.50. The summed E-state index contributed by atoms with van der Waals surface area (Å²) in [6.07, 6.45) is 6.47. The van der Waals surface area contributed by atoms with E-state index in [2.05, 4.69) is 15.9 Å². The molecule has 0 aliphatic heterocycles. The van der Waals surface area contributed by atoms with Gasteiger partial charge in [-0.25, -0.2) is 0 Å². The molecule has 0 saturated heterocycles. The van der Waals surface area contributed by atoms with Crippen molar-refractivity contribution in [2.24, 2.45) is 23.7 Å². The van der Waals surface area contributed by atoms with Crippen LogP contribution in [0.25, 0.3) is 0 Å². The van der Waals surface area contributed by atoms with Crippen molar-refractivity contribution in [3.05, 3.63) is 35.9 Å². The van der Waals surface area contributed by atoms with E-state index in [1.807, 2.05) is 30.3 Å². The lowest BCUT2D eigenvalue weighted by Crippen LogP contribution is -2.58. The van der Waals surface area contributed by atoms with E-state index in [9.17, 15) is 4.79 Å². The van der Waals surface area contributed by atoms with Crippen LogP contribution in [0.3, 0.4) is 0 Å². The Morgan fingerprint density at radius 2 is 1.47 bits per heavy atom. The maximum Gasteiger partial charge on any atom is 0.180 e. The third-order valence-corrected chi connectivity index (χ3v) is 7.37. The van der Waals surface area contributed by atoms with Gasteiger partial charge in [0.2, 0.25) is 0 Å². The zero-order valence-electron chi connectivity index (χ0n) is 11.0. The van der Waals surface area contributed by atoms with Crippen LogP contribution >= 0.6 is 15.9 Å². The average Bonchev–Trinajstić information content (AvgIpc) is 2.44. The molecule has 0 radical (unpaired) electrons. The quantitative estimate of drug-likeness (QED) is 0.581. The lowest BCUT2D eigenvalue weighted by Gasteiger charge is -2.58. The number of halogens is 1. The Morgan fingerprint density at radius 1 is 0.947 bits per heavy atom. The fraction of sp³-hybridized carbons (Fsp3) is 0.588. The molecule has 1 nitrogen and oxygen atoms in total. The fourth-order valence-electron chi connectivity index (χ4n) is 5.05. The number of alkyl halides is 1. The van der Waals surface area contributed by atoms with Gasteiger partial charge in [-0.2, -0.15) is 0 Å². The van der Waals surface area contributed by atoms with Crippen molar-refractivity contribution < 1.29 is 4.79 Å². The van der Waals surface area contributed by atoms with Gasteiger partial charge in [-0.05, 0) is 55.8 Å². The van der Waals surface area contributed by atoms with E-state index in [1.54, 1.807) is 0 Å². The lowest BCUT2D eigenvalue weighted by molar-refractivity contribution is -0.00665. The van der Waals surface area contributed by atoms with E-state index in [4.69, 9.17) is 0 Å². The Morgan fingerprint density at radius 3 is 2.00 bits per heavy atom. The first-order chi connectivity index (χ1) is 9.18. The summed E-state index contributed by atoms with van der Waals surface area (Å²) in [5.74, 6) is 3.27. The third kappa shape index (κ3) is 1.68. The second kappa shape index (κ2) is 4.18. The monoisotopic (exact) mass is 318 g/mol. The van der Waals surface area contributed by atoms with E-state index in [0.717, 1.165) is 17.4 Å². The summed E-state index contributed by atoms with van der Waals surface area (Å²) in [5.41, 5.74) is 0.881. The normalized spacial score (nSPS) is 43.4. The average molecular weight is 319 g/mol.